The molecule has 0 aliphatic heterocycles. The van der Waals surface area contributed by atoms with Crippen LogP contribution in [0.15, 0.2) is 69.7 Å². The first-order chi connectivity index (χ1) is 17.1. The van der Waals surface area contributed by atoms with E-state index in [2.05, 4.69) is 15.9 Å². The number of rotatable bonds is 9. The summed E-state index contributed by atoms with van der Waals surface area (Å²) in [4.78, 5) is 13.9. The molecular formula is C26H28BrFN2O5S. The number of ether oxygens (including phenoxy) is 2. The number of aromatic nitrogens is 2. The van der Waals surface area contributed by atoms with Crippen LogP contribution in [0.2, 0.25) is 0 Å². The standard InChI is InChI=1S/C26H28BrFN2O5S/c1-4-35-25-13-18(8-11-24(25)34-2)23(16-36(3,32)33)30-21-10-9-19(27)14-22(21)29(26(30)31)15-17-6-5-7-20(28)12-17/h5-11,13-14,17,23H,4,12,15-16H2,1-3H3. The van der Waals surface area contributed by atoms with Crippen molar-refractivity contribution in [3.8, 4) is 11.5 Å². The minimum Gasteiger partial charge on any atom is -0.493 e. The maximum absolute atomic E-state index is 13.9. The maximum Gasteiger partial charge on any atom is 0.329 e. The maximum atomic E-state index is 13.9. The molecule has 0 bridgehead atoms. The molecule has 36 heavy (non-hydrogen) atoms. The van der Waals surface area contributed by atoms with Crippen LogP contribution in [0.3, 0.4) is 0 Å². The van der Waals surface area contributed by atoms with Gasteiger partial charge in [-0.15, -0.1) is 0 Å². The number of fused-ring (bicyclic) bond motifs is 1. The van der Waals surface area contributed by atoms with Gasteiger partial charge in [0.2, 0.25) is 0 Å². The predicted octanol–water partition coefficient (Wildman–Crippen LogP) is 5.04. The van der Waals surface area contributed by atoms with E-state index in [1.807, 2.05) is 25.1 Å². The third-order valence-corrected chi connectivity index (χ3v) is 7.52. The summed E-state index contributed by atoms with van der Waals surface area (Å²) in [6.45, 7) is 2.49. The van der Waals surface area contributed by atoms with Gasteiger partial charge in [-0.1, -0.05) is 34.1 Å². The normalized spacial score (nSPS) is 16.7. The summed E-state index contributed by atoms with van der Waals surface area (Å²) in [6.07, 6.45) is 6.30. The molecule has 4 rings (SSSR count). The van der Waals surface area contributed by atoms with Gasteiger partial charge < -0.3 is 9.47 Å². The van der Waals surface area contributed by atoms with Crippen molar-refractivity contribution in [1.82, 2.24) is 9.13 Å². The topological polar surface area (TPSA) is 79.5 Å². The summed E-state index contributed by atoms with van der Waals surface area (Å²) in [5.41, 5.74) is 1.45. The van der Waals surface area contributed by atoms with E-state index in [1.165, 1.54) is 17.8 Å². The van der Waals surface area contributed by atoms with E-state index in [9.17, 15) is 17.6 Å². The van der Waals surface area contributed by atoms with Crippen molar-refractivity contribution in [2.45, 2.75) is 25.9 Å². The van der Waals surface area contributed by atoms with Gasteiger partial charge in [0.05, 0.1) is 36.5 Å². The Morgan fingerprint density at radius 2 is 1.94 bits per heavy atom. The third kappa shape index (κ3) is 5.59. The lowest BCUT2D eigenvalue weighted by molar-refractivity contribution is 0.310. The van der Waals surface area contributed by atoms with Gasteiger partial charge in [0.25, 0.3) is 0 Å². The average Bonchev–Trinajstić information content (AvgIpc) is 3.07. The number of hydrogen-bond donors (Lipinski definition) is 0. The second-order valence-corrected chi connectivity index (χ2v) is 11.9. The number of imidazole rings is 1. The van der Waals surface area contributed by atoms with E-state index in [0.717, 1.165) is 10.7 Å². The SMILES string of the molecule is CCOc1cc(C(CS(C)(=O)=O)n2c(=O)n(CC3C=CC=C(F)C3)c3cc(Br)ccc32)ccc1OC. The first kappa shape index (κ1) is 26.2. The fourth-order valence-electron chi connectivity index (χ4n) is 4.57. The van der Waals surface area contributed by atoms with E-state index >= 15 is 0 Å². The Kier molecular flexibility index (Phi) is 7.75. The van der Waals surface area contributed by atoms with Crippen molar-refractivity contribution in [3.05, 3.63) is 81.0 Å². The summed E-state index contributed by atoms with van der Waals surface area (Å²) < 4.78 is 54.0. The van der Waals surface area contributed by atoms with Crippen LogP contribution in [-0.2, 0) is 16.4 Å². The Bertz CT molecular complexity index is 1510. The number of allylic oxidation sites excluding steroid dienone is 4. The second-order valence-electron chi connectivity index (χ2n) is 8.81. The number of nitrogens with zero attached hydrogens (tertiary/aromatic N) is 2. The number of benzene rings is 2. The Balaban J connectivity index is 1.92. The largest absolute Gasteiger partial charge is 0.493 e. The molecule has 3 aromatic rings. The van der Waals surface area contributed by atoms with Crippen molar-refractivity contribution in [2.75, 3.05) is 25.7 Å². The molecule has 0 saturated carbocycles. The smallest absolute Gasteiger partial charge is 0.329 e. The van der Waals surface area contributed by atoms with Gasteiger partial charge in [-0.3, -0.25) is 9.13 Å². The van der Waals surface area contributed by atoms with Crippen molar-refractivity contribution in [1.29, 1.82) is 0 Å². The van der Waals surface area contributed by atoms with Gasteiger partial charge in [0.15, 0.2) is 11.5 Å². The lowest BCUT2D eigenvalue weighted by atomic mass is 10.00. The molecule has 0 saturated heterocycles. The number of halogens is 2. The third-order valence-electron chi connectivity index (χ3n) is 6.10. The highest BCUT2D eigenvalue weighted by molar-refractivity contribution is 9.10. The van der Waals surface area contributed by atoms with Crippen LogP contribution in [0, 0.1) is 5.92 Å². The van der Waals surface area contributed by atoms with Crippen LogP contribution in [0.4, 0.5) is 4.39 Å². The molecule has 0 N–H and O–H groups in total. The summed E-state index contributed by atoms with van der Waals surface area (Å²) in [5, 5.41) is 0. The Hall–Kier alpha value is -2.85. The van der Waals surface area contributed by atoms with Crippen LogP contribution in [0.25, 0.3) is 11.0 Å². The van der Waals surface area contributed by atoms with Crippen LogP contribution < -0.4 is 15.2 Å². The van der Waals surface area contributed by atoms with Crippen LogP contribution in [0.5, 0.6) is 11.5 Å². The van der Waals surface area contributed by atoms with Gasteiger partial charge in [-0.25, -0.2) is 17.6 Å². The van der Waals surface area contributed by atoms with E-state index in [4.69, 9.17) is 9.47 Å². The first-order valence-corrected chi connectivity index (χ1v) is 14.4. The predicted molar refractivity (Wildman–Crippen MR) is 142 cm³/mol. The van der Waals surface area contributed by atoms with Crippen LogP contribution in [0.1, 0.15) is 24.9 Å². The zero-order valence-corrected chi connectivity index (χ0v) is 22.7. The lowest BCUT2D eigenvalue weighted by Gasteiger charge is -2.20. The van der Waals surface area contributed by atoms with Gasteiger partial charge in [-0.2, -0.15) is 0 Å². The van der Waals surface area contributed by atoms with Gasteiger partial charge in [0.1, 0.15) is 15.7 Å². The molecule has 0 radical (unpaired) electrons. The molecule has 1 aliphatic rings. The zero-order valence-electron chi connectivity index (χ0n) is 20.3. The average molecular weight is 579 g/mol. The number of methoxy groups -OCH3 is 1. The van der Waals surface area contributed by atoms with Crippen LogP contribution >= 0.6 is 15.9 Å². The molecule has 0 spiro atoms. The Labute approximate surface area is 217 Å². The summed E-state index contributed by atoms with van der Waals surface area (Å²) >= 11 is 3.47. The monoisotopic (exact) mass is 578 g/mol. The molecule has 192 valence electrons. The highest BCUT2D eigenvalue weighted by atomic mass is 79.9. The Morgan fingerprint density at radius 1 is 1.17 bits per heavy atom. The molecule has 2 unspecified atom stereocenters. The molecule has 7 nitrogen and oxygen atoms in total. The fraction of sp³-hybridized carbons (Fsp3) is 0.346. The minimum absolute atomic E-state index is 0.201. The van der Waals surface area contributed by atoms with E-state index < -0.39 is 15.9 Å². The van der Waals surface area contributed by atoms with Crippen molar-refractivity contribution in [3.63, 3.8) is 0 Å². The second kappa shape index (κ2) is 10.6. The van der Waals surface area contributed by atoms with Crippen molar-refractivity contribution in [2.24, 2.45) is 5.92 Å². The molecule has 0 fully saturated rings. The molecular weight excluding hydrogens is 551 g/mol. The summed E-state index contributed by atoms with van der Waals surface area (Å²) in [6, 6.07) is 9.77. The zero-order chi connectivity index (χ0) is 26.0. The van der Waals surface area contributed by atoms with Gasteiger partial charge in [0, 0.05) is 29.6 Å². The fourth-order valence-corrected chi connectivity index (χ4v) is 5.83. The quantitative estimate of drug-likeness (QED) is 0.355. The molecule has 0 amide bonds. The highest BCUT2D eigenvalue weighted by Crippen LogP contribution is 2.34. The molecule has 1 aliphatic carbocycles. The number of sulfone groups is 1. The molecule has 10 heteroatoms. The summed E-state index contributed by atoms with van der Waals surface area (Å²) in [7, 11) is -1.97. The van der Waals surface area contributed by atoms with Crippen LogP contribution in [-0.4, -0.2) is 43.3 Å². The van der Waals surface area contributed by atoms with Gasteiger partial charge in [-0.05, 0) is 48.9 Å². The molecule has 2 aromatic carbocycles. The van der Waals surface area contributed by atoms with E-state index in [0.29, 0.717) is 34.7 Å². The summed E-state index contributed by atoms with van der Waals surface area (Å²) in [5.74, 6) is 0.240. The molecule has 1 heterocycles. The van der Waals surface area contributed by atoms with E-state index in [1.54, 1.807) is 34.9 Å². The lowest BCUT2D eigenvalue weighted by Crippen LogP contribution is -2.32. The highest BCUT2D eigenvalue weighted by Gasteiger charge is 2.27. The first-order valence-electron chi connectivity index (χ1n) is 11.5. The van der Waals surface area contributed by atoms with Gasteiger partial charge >= 0.3 is 5.69 Å². The van der Waals surface area contributed by atoms with Crippen molar-refractivity contribution >= 4 is 36.8 Å². The van der Waals surface area contributed by atoms with Crippen molar-refractivity contribution < 1.29 is 22.3 Å². The minimum atomic E-state index is -3.50. The number of hydrogen-bond acceptors (Lipinski definition) is 5. The molecule has 1 aromatic heterocycles. The molecule has 2 atom stereocenters. The van der Waals surface area contributed by atoms with E-state index in [-0.39, 0.29) is 36.2 Å². The Morgan fingerprint density at radius 3 is 2.61 bits per heavy atom.